The highest BCUT2D eigenvalue weighted by atomic mass is 16.2. The maximum atomic E-state index is 11.7. The Labute approximate surface area is 94.2 Å². The lowest BCUT2D eigenvalue weighted by Crippen LogP contribution is -2.38. The van der Waals surface area contributed by atoms with Gasteiger partial charge in [-0.05, 0) is 11.6 Å². The smallest absolute Gasteiger partial charge is 0.227 e. The van der Waals surface area contributed by atoms with E-state index in [1.807, 2.05) is 24.3 Å². The molecule has 0 bridgehead atoms. The Balaban J connectivity index is 2.49. The zero-order chi connectivity index (χ0) is 11.7. The van der Waals surface area contributed by atoms with Crippen LogP contribution < -0.4 is 10.2 Å². The minimum atomic E-state index is -0.357. The van der Waals surface area contributed by atoms with E-state index in [-0.39, 0.29) is 24.2 Å². The number of hydrogen-bond acceptors (Lipinski definition) is 2. The summed E-state index contributed by atoms with van der Waals surface area (Å²) in [4.78, 5) is 25.0. The fourth-order valence-corrected chi connectivity index (χ4v) is 2.05. The Morgan fingerprint density at radius 2 is 2.12 bits per heavy atom. The summed E-state index contributed by atoms with van der Waals surface area (Å²) in [6.07, 6.45) is 0.243. The van der Waals surface area contributed by atoms with Gasteiger partial charge in [-0.1, -0.05) is 18.2 Å². The van der Waals surface area contributed by atoms with Crippen LogP contribution in [-0.2, 0) is 9.59 Å². The van der Waals surface area contributed by atoms with Crippen LogP contribution in [0.5, 0.6) is 0 Å². The molecule has 1 aliphatic heterocycles. The maximum absolute atomic E-state index is 11.7. The predicted octanol–water partition coefficient (Wildman–Crippen LogP) is 0.883. The molecule has 84 valence electrons. The number of likely N-dealkylation sites (N-methyl/N-ethyl adjacent to an activating group) is 1. The van der Waals surface area contributed by atoms with Crippen molar-refractivity contribution >= 4 is 17.5 Å². The highest BCUT2D eigenvalue weighted by molar-refractivity contribution is 6.02. The molecule has 16 heavy (non-hydrogen) atoms. The van der Waals surface area contributed by atoms with Gasteiger partial charge in [0, 0.05) is 26.2 Å². The first kappa shape index (κ1) is 10.7. The average Bonchev–Trinajstić information content (AvgIpc) is 2.33. The number of fused-ring (bicyclic) bond motifs is 1. The van der Waals surface area contributed by atoms with Gasteiger partial charge >= 0.3 is 0 Å². The SMILES string of the molecule is CNC(=O)[C@H]1CC(=O)N(C)c2ccccc21. The monoisotopic (exact) mass is 218 g/mol. The van der Waals surface area contributed by atoms with Crippen molar-refractivity contribution in [3.63, 3.8) is 0 Å². The number of carbonyl (C=O) groups is 2. The van der Waals surface area contributed by atoms with Crippen molar-refractivity contribution in [1.82, 2.24) is 5.32 Å². The molecule has 0 fully saturated rings. The molecule has 0 aliphatic carbocycles. The van der Waals surface area contributed by atoms with Gasteiger partial charge in [0.1, 0.15) is 0 Å². The van der Waals surface area contributed by atoms with Gasteiger partial charge in [-0.25, -0.2) is 0 Å². The number of anilines is 1. The van der Waals surface area contributed by atoms with E-state index in [4.69, 9.17) is 0 Å². The third-order valence-corrected chi connectivity index (χ3v) is 2.99. The molecule has 2 rings (SSSR count). The zero-order valence-electron chi connectivity index (χ0n) is 9.36. The van der Waals surface area contributed by atoms with Crippen LogP contribution in [0.2, 0.25) is 0 Å². The Bertz CT molecular complexity index is 442. The van der Waals surface area contributed by atoms with E-state index in [0.29, 0.717) is 0 Å². The fraction of sp³-hybridized carbons (Fsp3) is 0.333. The summed E-state index contributed by atoms with van der Waals surface area (Å²) in [5.41, 5.74) is 1.75. The van der Waals surface area contributed by atoms with E-state index in [1.54, 1.807) is 19.0 Å². The molecule has 1 atom stereocenters. The van der Waals surface area contributed by atoms with Gasteiger partial charge < -0.3 is 10.2 Å². The first-order valence-corrected chi connectivity index (χ1v) is 5.22. The number of carbonyl (C=O) groups excluding carboxylic acids is 2. The minimum absolute atomic E-state index is 0.0210. The Kier molecular flexibility index (Phi) is 2.64. The number of amides is 2. The van der Waals surface area contributed by atoms with E-state index in [0.717, 1.165) is 11.3 Å². The van der Waals surface area contributed by atoms with Crippen molar-refractivity contribution < 1.29 is 9.59 Å². The second-order valence-electron chi connectivity index (χ2n) is 3.88. The Morgan fingerprint density at radius 3 is 2.81 bits per heavy atom. The van der Waals surface area contributed by atoms with Crippen LogP contribution in [0.15, 0.2) is 24.3 Å². The molecule has 4 heteroatoms. The average molecular weight is 218 g/mol. The molecule has 0 saturated carbocycles. The van der Waals surface area contributed by atoms with Gasteiger partial charge in [0.25, 0.3) is 0 Å². The van der Waals surface area contributed by atoms with Crippen LogP contribution in [0.1, 0.15) is 17.9 Å². The van der Waals surface area contributed by atoms with Crippen LogP contribution in [-0.4, -0.2) is 25.9 Å². The number of benzene rings is 1. The summed E-state index contributed by atoms with van der Waals surface area (Å²) in [5, 5.41) is 2.60. The predicted molar refractivity (Wildman–Crippen MR) is 61.3 cm³/mol. The second kappa shape index (κ2) is 3.96. The van der Waals surface area contributed by atoms with Crippen LogP contribution >= 0.6 is 0 Å². The normalized spacial score (nSPS) is 19.2. The highest BCUT2D eigenvalue weighted by Gasteiger charge is 2.32. The summed E-state index contributed by atoms with van der Waals surface area (Å²) in [7, 11) is 3.33. The summed E-state index contributed by atoms with van der Waals surface area (Å²) in [6, 6.07) is 7.52. The van der Waals surface area contributed by atoms with Crippen molar-refractivity contribution in [3.8, 4) is 0 Å². The third-order valence-electron chi connectivity index (χ3n) is 2.99. The summed E-state index contributed by atoms with van der Waals surface area (Å²) in [5.74, 6) is -0.480. The first-order valence-electron chi connectivity index (χ1n) is 5.22. The lowest BCUT2D eigenvalue weighted by molar-refractivity contribution is -0.126. The fourth-order valence-electron chi connectivity index (χ4n) is 2.05. The summed E-state index contributed by atoms with van der Waals surface area (Å²) < 4.78 is 0. The molecule has 1 aliphatic rings. The number of para-hydroxylation sites is 1. The highest BCUT2D eigenvalue weighted by Crippen LogP contribution is 2.34. The molecule has 0 unspecified atom stereocenters. The van der Waals surface area contributed by atoms with E-state index in [2.05, 4.69) is 5.32 Å². The number of nitrogens with zero attached hydrogens (tertiary/aromatic N) is 1. The topological polar surface area (TPSA) is 49.4 Å². The number of hydrogen-bond donors (Lipinski definition) is 1. The van der Waals surface area contributed by atoms with Crippen LogP contribution in [0, 0.1) is 0 Å². The zero-order valence-corrected chi connectivity index (χ0v) is 9.36. The first-order chi connectivity index (χ1) is 7.65. The standard InChI is InChI=1S/C12H14N2O2/c1-13-12(16)9-7-11(15)14(2)10-6-4-3-5-8(9)10/h3-6,9H,7H2,1-2H3,(H,13,16)/t9-/m0/s1. The number of nitrogens with one attached hydrogen (secondary N) is 1. The van der Waals surface area contributed by atoms with E-state index in [1.165, 1.54) is 0 Å². The molecule has 1 aromatic rings. The molecule has 2 amide bonds. The molecule has 4 nitrogen and oxygen atoms in total. The van der Waals surface area contributed by atoms with Crippen LogP contribution in [0.4, 0.5) is 5.69 Å². The van der Waals surface area contributed by atoms with Gasteiger partial charge in [-0.15, -0.1) is 0 Å². The van der Waals surface area contributed by atoms with Gasteiger partial charge in [0.15, 0.2) is 0 Å². The Morgan fingerprint density at radius 1 is 1.44 bits per heavy atom. The lowest BCUT2D eigenvalue weighted by atomic mass is 9.89. The molecule has 1 N–H and O–H groups in total. The van der Waals surface area contributed by atoms with E-state index in [9.17, 15) is 9.59 Å². The van der Waals surface area contributed by atoms with Crippen molar-refractivity contribution in [2.45, 2.75) is 12.3 Å². The van der Waals surface area contributed by atoms with Crippen LogP contribution in [0.3, 0.4) is 0 Å². The summed E-state index contributed by atoms with van der Waals surface area (Å²) >= 11 is 0. The lowest BCUT2D eigenvalue weighted by Gasteiger charge is -2.30. The quantitative estimate of drug-likeness (QED) is 0.760. The minimum Gasteiger partial charge on any atom is -0.359 e. The molecule has 0 spiro atoms. The van der Waals surface area contributed by atoms with Crippen molar-refractivity contribution in [2.24, 2.45) is 0 Å². The second-order valence-corrected chi connectivity index (χ2v) is 3.88. The van der Waals surface area contributed by atoms with Crippen LogP contribution in [0.25, 0.3) is 0 Å². The van der Waals surface area contributed by atoms with Gasteiger partial charge in [0.2, 0.25) is 11.8 Å². The number of rotatable bonds is 1. The molecular formula is C12H14N2O2. The molecule has 1 aromatic carbocycles. The van der Waals surface area contributed by atoms with Crippen molar-refractivity contribution in [3.05, 3.63) is 29.8 Å². The van der Waals surface area contributed by atoms with Crippen molar-refractivity contribution in [2.75, 3.05) is 19.0 Å². The van der Waals surface area contributed by atoms with Gasteiger partial charge in [-0.3, -0.25) is 9.59 Å². The molecule has 0 aromatic heterocycles. The molecule has 1 heterocycles. The summed E-state index contributed by atoms with van der Waals surface area (Å²) in [6.45, 7) is 0. The maximum Gasteiger partial charge on any atom is 0.227 e. The molecule has 0 saturated heterocycles. The van der Waals surface area contributed by atoms with E-state index >= 15 is 0 Å². The van der Waals surface area contributed by atoms with E-state index < -0.39 is 0 Å². The largest absolute Gasteiger partial charge is 0.359 e. The van der Waals surface area contributed by atoms with Crippen molar-refractivity contribution in [1.29, 1.82) is 0 Å². The molecule has 0 radical (unpaired) electrons. The third kappa shape index (κ3) is 1.56. The van der Waals surface area contributed by atoms with Gasteiger partial charge in [-0.2, -0.15) is 0 Å². The molecular weight excluding hydrogens is 204 g/mol. The Hall–Kier alpha value is -1.84. The van der Waals surface area contributed by atoms with Gasteiger partial charge in [0.05, 0.1) is 5.92 Å².